The molecule has 1 saturated heterocycles. The summed E-state index contributed by atoms with van der Waals surface area (Å²) in [5, 5.41) is 0.203. The van der Waals surface area contributed by atoms with Gasteiger partial charge in [0.2, 0.25) is 0 Å². The van der Waals surface area contributed by atoms with Crippen LogP contribution in [-0.2, 0) is 21.1 Å². The lowest BCUT2D eigenvalue weighted by molar-refractivity contribution is 0.00529. The molecule has 0 spiro atoms. The van der Waals surface area contributed by atoms with E-state index in [0.29, 0.717) is 32.2 Å². The van der Waals surface area contributed by atoms with Gasteiger partial charge in [-0.15, -0.1) is 0 Å². The van der Waals surface area contributed by atoms with Crippen molar-refractivity contribution >= 4 is 27.4 Å². The van der Waals surface area contributed by atoms with Gasteiger partial charge in [-0.25, -0.2) is 13.4 Å². The second-order valence-corrected chi connectivity index (χ2v) is 7.73. The summed E-state index contributed by atoms with van der Waals surface area (Å²) < 4.78 is 28.5. The minimum Gasteiger partial charge on any atom is -0.375 e. The minimum absolute atomic E-state index is 0.122. The third-order valence-corrected chi connectivity index (χ3v) is 4.96. The molecule has 0 saturated carbocycles. The van der Waals surface area contributed by atoms with Crippen molar-refractivity contribution in [2.45, 2.75) is 24.5 Å². The zero-order valence-electron chi connectivity index (χ0n) is 12.6. The second kappa shape index (κ2) is 6.85. The maximum absolute atomic E-state index is 11.5. The van der Waals surface area contributed by atoms with Crippen molar-refractivity contribution in [3.05, 3.63) is 28.8 Å². The van der Waals surface area contributed by atoms with Crippen LogP contribution in [0.5, 0.6) is 0 Å². The maximum Gasteiger partial charge on any atom is 0.191 e. The fraction of sp³-hybridized carbons (Fsp3) is 0.500. The molecule has 1 heterocycles. The molecule has 0 bridgehead atoms. The van der Waals surface area contributed by atoms with E-state index in [1.807, 2.05) is 11.8 Å². The number of rotatable bonds is 3. The van der Waals surface area contributed by atoms with E-state index < -0.39 is 9.84 Å². The van der Waals surface area contributed by atoms with Crippen molar-refractivity contribution in [2.75, 3.05) is 26.0 Å². The van der Waals surface area contributed by atoms with Gasteiger partial charge in [-0.2, -0.15) is 0 Å². The molecule has 2 N–H and O–H groups in total. The number of aliphatic imine (C=N–C) groups is 1. The topological polar surface area (TPSA) is 85.0 Å². The summed E-state index contributed by atoms with van der Waals surface area (Å²) in [7, 11) is -3.32. The molecule has 1 aliphatic rings. The van der Waals surface area contributed by atoms with Gasteiger partial charge in [0.1, 0.15) is 0 Å². The molecule has 0 radical (unpaired) electrons. The molecule has 6 nitrogen and oxygen atoms in total. The average molecular weight is 346 g/mol. The summed E-state index contributed by atoms with van der Waals surface area (Å²) in [5.74, 6) is 0.457. The summed E-state index contributed by atoms with van der Waals surface area (Å²) in [6.45, 7) is 4.40. The van der Waals surface area contributed by atoms with Gasteiger partial charge < -0.3 is 15.4 Å². The summed E-state index contributed by atoms with van der Waals surface area (Å²) in [6, 6.07) is 4.80. The zero-order chi connectivity index (χ0) is 16.3. The molecule has 0 aromatic heterocycles. The molecule has 1 aliphatic heterocycles. The van der Waals surface area contributed by atoms with E-state index in [2.05, 4.69) is 4.99 Å². The van der Waals surface area contributed by atoms with Crippen LogP contribution in [0.1, 0.15) is 12.5 Å². The average Bonchev–Trinajstić information content (AvgIpc) is 2.43. The van der Waals surface area contributed by atoms with Crippen LogP contribution in [-0.4, -0.2) is 51.3 Å². The van der Waals surface area contributed by atoms with Crippen molar-refractivity contribution < 1.29 is 13.2 Å². The Balaban J connectivity index is 2.08. The van der Waals surface area contributed by atoms with Crippen molar-refractivity contribution in [2.24, 2.45) is 10.7 Å². The molecule has 22 heavy (non-hydrogen) atoms. The van der Waals surface area contributed by atoms with Gasteiger partial charge >= 0.3 is 0 Å². The number of ether oxygens (including phenoxy) is 1. The van der Waals surface area contributed by atoms with E-state index in [0.717, 1.165) is 11.8 Å². The molecule has 1 aromatic rings. The molecule has 0 amide bonds. The first-order valence-electron chi connectivity index (χ1n) is 6.92. The molecular weight excluding hydrogens is 326 g/mol. The molecule has 1 aromatic carbocycles. The van der Waals surface area contributed by atoms with Crippen LogP contribution in [0.15, 0.2) is 28.1 Å². The van der Waals surface area contributed by atoms with Crippen LogP contribution < -0.4 is 5.73 Å². The summed E-state index contributed by atoms with van der Waals surface area (Å²) in [4.78, 5) is 6.44. The van der Waals surface area contributed by atoms with Gasteiger partial charge in [-0.05, 0) is 24.6 Å². The Kier molecular flexibility index (Phi) is 5.31. The smallest absolute Gasteiger partial charge is 0.191 e. The largest absolute Gasteiger partial charge is 0.375 e. The fourth-order valence-electron chi connectivity index (χ4n) is 2.24. The maximum atomic E-state index is 11.5. The van der Waals surface area contributed by atoms with E-state index in [1.165, 1.54) is 6.07 Å². The third kappa shape index (κ3) is 4.34. The normalized spacial score (nSPS) is 20.2. The minimum atomic E-state index is -3.32. The first-order valence-corrected chi connectivity index (χ1v) is 9.19. The van der Waals surface area contributed by atoms with Gasteiger partial charge in [0, 0.05) is 19.3 Å². The molecular formula is C14H20ClN3O3S. The molecule has 1 atom stereocenters. The van der Waals surface area contributed by atoms with Crippen molar-refractivity contribution in [1.82, 2.24) is 4.90 Å². The van der Waals surface area contributed by atoms with E-state index in [9.17, 15) is 8.42 Å². The Hall–Kier alpha value is -1.31. The van der Waals surface area contributed by atoms with Gasteiger partial charge in [0.25, 0.3) is 0 Å². The Morgan fingerprint density at radius 2 is 2.27 bits per heavy atom. The molecule has 0 aliphatic carbocycles. The van der Waals surface area contributed by atoms with Crippen LogP contribution in [0.3, 0.4) is 0 Å². The van der Waals surface area contributed by atoms with E-state index in [1.54, 1.807) is 12.1 Å². The summed E-state index contributed by atoms with van der Waals surface area (Å²) >= 11 is 6.01. The highest BCUT2D eigenvalue weighted by Crippen LogP contribution is 2.23. The number of sulfone groups is 1. The van der Waals surface area contributed by atoms with Crippen LogP contribution >= 0.6 is 11.6 Å². The Morgan fingerprint density at radius 3 is 2.86 bits per heavy atom. The molecule has 122 valence electrons. The van der Waals surface area contributed by atoms with E-state index in [-0.39, 0.29) is 16.0 Å². The van der Waals surface area contributed by atoms with E-state index in [4.69, 9.17) is 22.1 Å². The van der Waals surface area contributed by atoms with Crippen molar-refractivity contribution in [3.63, 3.8) is 0 Å². The highest BCUT2D eigenvalue weighted by Gasteiger charge is 2.18. The molecule has 2 rings (SSSR count). The lowest BCUT2D eigenvalue weighted by Gasteiger charge is -2.31. The number of morpholine rings is 1. The quantitative estimate of drug-likeness (QED) is 0.659. The number of hydrogen-bond donors (Lipinski definition) is 1. The molecule has 1 unspecified atom stereocenters. The lowest BCUT2D eigenvalue weighted by Crippen LogP contribution is -2.47. The predicted octanol–water partition coefficient (Wildman–Crippen LogP) is 1.28. The Labute approximate surface area is 135 Å². The molecule has 8 heteroatoms. The number of nitrogens with two attached hydrogens (primary N) is 1. The fourth-order valence-corrected chi connectivity index (χ4v) is 3.59. The van der Waals surface area contributed by atoms with Crippen LogP contribution in [0.4, 0.5) is 0 Å². The predicted molar refractivity (Wildman–Crippen MR) is 86.9 cm³/mol. The first-order chi connectivity index (χ1) is 10.3. The van der Waals surface area contributed by atoms with Gasteiger partial charge in [0.05, 0.1) is 29.2 Å². The van der Waals surface area contributed by atoms with Crippen molar-refractivity contribution in [1.29, 1.82) is 0 Å². The highest BCUT2D eigenvalue weighted by atomic mass is 35.5. The van der Waals surface area contributed by atoms with Crippen LogP contribution in [0.2, 0.25) is 5.02 Å². The first kappa shape index (κ1) is 17.1. The highest BCUT2D eigenvalue weighted by molar-refractivity contribution is 7.90. The number of hydrogen-bond acceptors (Lipinski definition) is 4. The second-order valence-electron chi connectivity index (χ2n) is 5.34. The third-order valence-electron chi connectivity index (χ3n) is 3.38. The molecule has 1 fully saturated rings. The number of halogens is 1. The SMILES string of the molecule is CC1CN(C(N)=NCc2ccc(S(C)(=O)=O)c(Cl)c2)CCO1. The van der Waals surface area contributed by atoms with Crippen LogP contribution in [0, 0.1) is 0 Å². The number of benzene rings is 1. The van der Waals surface area contributed by atoms with Gasteiger partial charge in [-0.3, -0.25) is 0 Å². The van der Waals surface area contributed by atoms with E-state index >= 15 is 0 Å². The Bertz CT molecular complexity index is 676. The number of guanidine groups is 1. The lowest BCUT2D eigenvalue weighted by atomic mass is 10.2. The van der Waals surface area contributed by atoms with Crippen LogP contribution in [0.25, 0.3) is 0 Å². The van der Waals surface area contributed by atoms with Gasteiger partial charge in [0.15, 0.2) is 15.8 Å². The van der Waals surface area contributed by atoms with Gasteiger partial charge in [-0.1, -0.05) is 17.7 Å². The van der Waals surface area contributed by atoms with Crippen molar-refractivity contribution in [3.8, 4) is 0 Å². The summed E-state index contributed by atoms with van der Waals surface area (Å²) in [5.41, 5.74) is 6.79. The number of nitrogens with zero attached hydrogens (tertiary/aromatic N) is 2. The standard InChI is InChI=1S/C14H20ClN3O3S/c1-10-9-18(5-6-21-10)14(16)17-8-11-3-4-13(12(15)7-11)22(2,19)20/h3-4,7,10H,5-6,8-9H2,1-2H3,(H2,16,17). The summed E-state index contributed by atoms with van der Waals surface area (Å²) in [6.07, 6.45) is 1.26. The Morgan fingerprint density at radius 1 is 1.55 bits per heavy atom. The zero-order valence-corrected chi connectivity index (χ0v) is 14.2. The monoisotopic (exact) mass is 345 g/mol.